The van der Waals surface area contributed by atoms with Crippen LogP contribution in [0, 0.1) is 5.92 Å². The van der Waals surface area contributed by atoms with Crippen molar-refractivity contribution >= 4 is 15.7 Å². The van der Waals surface area contributed by atoms with Crippen LogP contribution in [0.25, 0.3) is 0 Å². The van der Waals surface area contributed by atoms with Crippen LogP contribution in [-0.4, -0.2) is 53.8 Å². The first-order valence-electron chi connectivity index (χ1n) is 7.30. The molecule has 2 saturated heterocycles. The zero-order valence-corrected chi connectivity index (χ0v) is 12.6. The first-order valence-corrected chi connectivity index (χ1v) is 9.12. The number of carbonyl (C=O) groups is 1. The number of sulfone groups is 1. The van der Waals surface area contributed by atoms with Gasteiger partial charge < -0.3 is 4.90 Å². The largest absolute Gasteiger partial charge is 0.342 e. The number of amides is 1. The second-order valence-corrected chi connectivity index (χ2v) is 8.06. The summed E-state index contributed by atoms with van der Waals surface area (Å²) in [6.45, 7) is 1.35. The van der Waals surface area contributed by atoms with Crippen LogP contribution in [-0.2, 0) is 14.6 Å². The number of hydrogen-bond acceptors (Lipinski definition) is 5. The van der Waals surface area contributed by atoms with Gasteiger partial charge in [-0.05, 0) is 19.3 Å². The van der Waals surface area contributed by atoms with Gasteiger partial charge >= 0.3 is 0 Å². The third-order valence-corrected chi connectivity index (χ3v) is 6.16. The van der Waals surface area contributed by atoms with Gasteiger partial charge in [0.1, 0.15) is 0 Å². The molecule has 2 aliphatic rings. The average molecular weight is 309 g/mol. The molecule has 6 nitrogen and oxygen atoms in total. The lowest BCUT2D eigenvalue weighted by molar-refractivity contribution is -0.135. The monoisotopic (exact) mass is 309 g/mol. The van der Waals surface area contributed by atoms with Crippen molar-refractivity contribution < 1.29 is 13.2 Å². The maximum atomic E-state index is 12.4. The van der Waals surface area contributed by atoms with E-state index >= 15 is 0 Å². The lowest BCUT2D eigenvalue weighted by atomic mass is 9.93. The van der Waals surface area contributed by atoms with Crippen LogP contribution in [0.15, 0.2) is 18.6 Å². The molecule has 0 aliphatic carbocycles. The number of rotatable bonds is 2. The molecule has 0 spiro atoms. The third-order valence-electron chi connectivity index (χ3n) is 4.39. The Morgan fingerprint density at radius 2 is 1.95 bits per heavy atom. The van der Waals surface area contributed by atoms with Crippen LogP contribution in [0.4, 0.5) is 0 Å². The third kappa shape index (κ3) is 3.23. The Bertz CT molecular complexity index is 610. The Labute approximate surface area is 124 Å². The second-order valence-electron chi connectivity index (χ2n) is 5.83. The van der Waals surface area contributed by atoms with E-state index < -0.39 is 9.84 Å². The number of likely N-dealkylation sites (tertiary alicyclic amines) is 1. The molecule has 3 rings (SSSR count). The Balaban J connectivity index is 1.57. The molecule has 1 aromatic heterocycles. The highest BCUT2D eigenvalue weighted by molar-refractivity contribution is 7.91. The molecule has 0 bridgehead atoms. The number of nitrogens with zero attached hydrogens (tertiary/aromatic N) is 3. The van der Waals surface area contributed by atoms with E-state index in [-0.39, 0.29) is 23.3 Å². The molecule has 3 heterocycles. The van der Waals surface area contributed by atoms with Gasteiger partial charge in [-0.1, -0.05) is 0 Å². The molecular formula is C14H19N3O3S. The van der Waals surface area contributed by atoms with E-state index in [1.807, 2.05) is 4.90 Å². The Kier molecular flexibility index (Phi) is 3.93. The van der Waals surface area contributed by atoms with Gasteiger partial charge in [-0.15, -0.1) is 0 Å². The minimum atomic E-state index is -3.00. The van der Waals surface area contributed by atoms with Crippen LogP contribution in [0.1, 0.15) is 30.9 Å². The van der Waals surface area contributed by atoms with E-state index in [4.69, 9.17) is 0 Å². The summed E-state index contributed by atoms with van der Waals surface area (Å²) in [4.78, 5) is 22.6. The van der Waals surface area contributed by atoms with Crippen molar-refractivity contribution in [2.75, 3.05) is 24.6 Å². The molecule has 0 aromatic carbocycles. The Morgan fingerprint density at radius 3 is 2.52 bits per heavy atom. The number of hydrogen-bond donors (Lipinski definition) is 0. The van der Waals surface area contributed by atoms with E-state index in [9.17, 15) is 13.2 Å². The fourth-order valence-corrected chi connectivity index (χ4v) is 4.90. The smallest absolute Gasteiger partial charge is 0.226 e. The van der Waals surface area contributed by atoms with E-state index in [2.05, 4.69) is 9.97 Å². The first-order chi connectivity index (χ1) is 10.1. The highest BCUT2D eigenvalue weighted by atomic mass is 32.2. The van der Waals surface area contributed by atoms with Gasteiger partial charge in [0.2, 0.25) is 5.91 Å². The maximum Gasteiger partial charge on any atom is 0.226 e. The molecule has 7 heteroatoms. The van der Waals surface area contributed by atoms with Crippen molar-refractivity contribution in [3.8, 4) is 0 Å². The Morgan fingerprint density at radius 1 is 1.19 bits per heavy atom. The molecule has 0 N–H and O–H groups in total. The fraction of sp³-hybridized carbons (Fsp3) is 0.643. The SMILES string of the molecule is O=C(C1CCS(=O)(=O)C1)N1CCC(c2cnccn2)CC1. The quantitative estimate of drug-likeness (QED) is 0.800. The molecule has 2 aliphatic heterocycles. The minimum absolute atomic E-state index is 0.00803. The zero-order valence-electron chi connectivity index (χ0n) is 11.8. The second kappa shape index (κ2) is 5.71. The summed E-state index contributed by atoms with van der Waals surface area (Å²) in [7, 11) is -3.00. The molecule has 21 heavy (non-hydrogen) atoms. The molecule has 1 aromatic rings. The van der Waals surface area contributed by atoms with Crippen molar-refractivity contribution in [3.05, 3.63) is 24.3 Å². The minimum Gasteiger partial charge on any atom is -0.342 e. The normalized spacial score (nSPS) is 25.9. The number of carbonyl (C=O) groups excluding carboxylic acids is 1. The Hall–Kier alpha value is -1.50. The predicted molar refractivity (Wildman–Crippen MR) is 77.3 cm³/mol. The van der Waals surface area contributed by atoms with Gasteiger partial charge in [-0.2, -0.15) is 0 Å². The summed E-state index contributed by atoms with van der Waals surface area (Å²) in [6, 6.07) is 0. The molecule has 1 unspecified atom stereocenters. The molecular weight excluding hydrogens is 290 g/mol. The van der Waals surface area contributed by atoms with Gasteiger partial charge in [0.15, 0.2) is 9.84 Å². The summed E-state index contributed by atoms with van der Waals surface area (Å²) in [5.41, 5.74) is 0.980. The van der Waals surface area contributed by atoms with Crippen molar-refractivity contribution in [2.45, 2.75) is 25.2 Å². The van der Waals surface area contributed by atoms with Gasteiger partial charge in [0.05, 0.1) is 23.1 Å². The number of piperidine rings is 1. The lowest BCUT2D eigenvalue weighted by Gasteiger charge is -2.33. The summed E-state index contributed by atoms with van der Waals surface area (Å²) in [5, 5.41) is 0. The van der Waals surface area contributed by atoms with Crippen molar-refractivity contribution in [1.82, 2.24) is 14.9 Å². The van der Waals surface area contributed by atoms with Crippen LogP contribution in [0.2, 0.25) is 0 Å². The van der Waals surface area contributed by atoms with Crippen molar-refractivity contribution in [2.24, 2.45) is 5.92 Å². The molecule has 0 radical (unpaired) electrons. The van der Waals surface area contributed by atoms with Crippen LogP contribution in [0.3, 0.4) is 0 Å². The summed E-state index contributed by atoms with van der Waals surface area (Å²) in [5.74, 6) is 0.196. The van der Waals surface area contributed by atoms with Gasteiger partial charge in [0.25, 0.3) is 0 Å². The molecule has 2 fully saturated rings. The van der Waals surface area contributed by atoms with Crippen molar-refractivity contribution in [3.63, 3.8) is 0 Å². The van der Waals surface area contributed by atoms with E-state index in [1.54, 1.807) is 18.6 Å². The predicted octanol–water partition coefficient (Wildman–Crippen LogP) is 0.617. The van der Waals surface area contributed by atoms with E-state index in [0.29, 0.717) is 25.4 Å². The summed E-state index contributed by atoms with van der Waals surface area (Å²) in [6.07, 6.45) is 7.34. The molecule has 114 valence electrons. The lowest BCUT2D eigenvalue weighted by Crippen LogP contribution is -2.41. The summed E-state index contributed by atoms with van der Waals surface area (Å²) >= 11 is 0. The van der Waals surface area contributed by atoms with Gasteiger partial charge in [-0.25, -0.2) is 8.42 Å². The molecule has 1 atom stereocenters. The first kappa shape index (κ1) is 14.4. The van der Waals surface area contributed by atoms with Crippen molar-refractivity contribution in [1.29, 1.82) is 0 Å². The zero-order chi connectivity index (χ0) is 14.9. The maximum absolute atomic E-state index is 12.4. The highest BCUT2D eigenvalue weighted by Crippen LogP contribution is 2.28. The van der Waals surface area contributed by atoms with Crippen LogP contribution in [0.5, 0.6) is 0 Å². The van der Waals surface area contributed by atoms with Gasteiger partial charge in [0, 0.05) is 37.6 Å². The van der Waals surface area contributed by atoms with E-state index in [0.717, 1.165) is 18.5 Å². The molecule has 0 saturated carbocycles. The summed E-state index contributed by atoms with van der Waals surface area (Å²) < 4.78 is 23.0. The van der Waals surface area contributed by atoms with E-state index in [1.165, 1.54) is 0 Å². The standard InChI is InChI=1S/C14H19N3O3S/c18-14(12-3-8-21(19,20)10-12)17-6-1-11(2-7-17)13-9-15-4-5-16-13/h4-5,9,11-12H,1-3,6-8,10H2. The average Bonchev–Trinajstić information content (AvgIpc) is 2.88. The van der Waals surface area contributed by atoms with Crippen LogP contribution < -0.4 is 0 Å². The fourth-order valence-electron chi connectivity index (χ4n) is 3.17. The highest BCUT2D eigenvalue weighted by Gasteiger charge is 2.36. The van der Waals surface area contributed by atoms with Gasteiger partial charge in [-0.3, -0.25) is 14.8 Å². The molecule has 1 amide bonds. The number of aromatic nitrogens is 2. The van der Waals surface area contributed by atoms with Crippen LogP contribution >= 0.6 is 0 Å². The topological polar surface area (TPSA) is 80.2 Å².